The molecule has 30 heavy (non-hydrogen) atoms. The Morgan fingerprint density at radius 1 is 1.20 bits per heavy atom. The van der Waals surface area contributed by atoms with E-state index in [-0.39, 0.29) is 17.7 Å². The standard InChI is InChI=1S/C23H25ClN4O2/c1-27-20-5-3-2-4-19(20)26-21(27)14-25-23(30)17-8-11-22(29)28(15-17)13-12-16-6-9-18(24)10-7-16/h2-7,9-10,17H,8,11-15H2,1H3,(H,25,30)/t17-/m1/s1. The molecule has 1 aromatic heterocycles. The van der Waals surface area contributed by atoms with Crippen molar-refractivity contribution in [3.8, 4) is 0 Å². The van der Waals surface area contributed by atoms with Gasteiger partial charge in [0.15, 0.2) is 0 Å². The molecule has 156 valence electrons. The van der Waals surface area contributed by atoms with E-state index in [0.717, 1.165) is 28.8 Å². The van der Waals surface area contributed by atoms with Crippen molar-refractivity contribution in [2.45, 2.75) is 25.8 Å². The molecule has 0 saturated carbocycles. The fourth-order valence-electron chi connectivity index (χ4n) is 3.92. The minimum atomic E-state index is -0.192. The predicted molar refractivity (Wildman–Crippen MR) is 117 cm³/mol. The summed E-state index contributed by atoms with van der Waals surface area (Å²) in [6.07, 6.45) is 1.74. The van der Waals surface area contributed by atoms with E-state index >= 15 is 0 Å². The number of fused-ring (bicyclic) bond motifs is 1. The average molecular weight is 425 g/mol. The van der Waals surface area contributed by atoms with Crippen molar-refractivity contribution in [2.24, 2.45) is 13.0 Å². The zero-order valence-electron chi connectivity index (χ0n) is 17.0. The number of carbonyl (C=O) groups is 2. The van der Waals surface area contributed by atoms with Crippen LogP contribution in [0.15, 0.2) is 48.5 Å². The molecule has 1 saturated heterocycles. The third kappa shape index (κ3) is 4.49. The highest BCUT2D eigenvalue weighted by Gasteiger charge is 2.30. The summed E-state index contributed by atoms with van der Waals surface area (Å²) in [6.45, 7) is 1.44. The molecule has 0 unspecified atom stereocenters. The smallest absolute Gasteiger partial charge is 0.225 e. The van der Waals surface area contributed by atoms with Crippen LogP contribution < -0.4 is 5.32 Å². The quantitative estimate of drug-likeness (QED) is 0.660. The van der Waals surface area contributed by atoms with Gasteiger partial charge in [0.25, 0.3) is 0 Å². The molecule has 2 aromatic carbocycles. The van der Waals surface area contributed by atoms with Crippen molar-refractivity contribution in [1.29, 1.82) is 0 Å². The van der Waals surface area contributed by atoms with E-state index in [4.69, 9.17) is 11.6 Å². The lowest BCUT2D eigenvalue weighted by molar-refractivity contribution is -0.138. The van der Waals surface area contributed by atoms with Gasteiger partial charge in [-0.1, -0.05) is 35.9 Å². The van der Waals surface area contributed by atoms with E-state index in [9.17, 15) is 9.59 Å². The number of hydrogen-bond donors (Lipinski definition) is 1. The normalized spacial score (nSPS) is 16.8. The highest BCUT2D eigenvalue weighted by molar-refractivity contribution is 6.30. The molecule has 1 atom stereocenters. The molecule has 1 aliphatic rings. The number of rotatable bonds is 6. The van der Waals surface area contributed by atoms with E-state index in [1.807, 2.05) is 60.1 Å². The Morgan fingerprint density at radius 2 is 1.97 bits per heavy atom. The van der Waals surface area contributed by atoms with E-state index in [2.05, 4.69) is 10.3 Å². The van der Waals surface area contributed by atoms with Gasteiger partial charge in [-0.2, -0.15) is 0 Å². The molecule has 6 nitrogen and oxygen atoms in total. The summed E-state index contributed by atoms with van der Waals surface area (Å²) in [5.74, 6) is 0.716. The lowest BCUT2D eigenvalue weighted by Crippen LogP contribution is -2.46. The second-order valence-corrected chi connectivity index (χ2v) is 8.18. The summed E-state index contributed by atoms with van der Waals surface area (Å²) in [4.78, 5) is 31.5. The largest absolute Gasteiger partial charge is 0.349 e. The fourth-order valence-corrected chi connectivity index (χ4v) is 4.05. The molecule has 1 fully saturated rings. The van der Waals surface area contributed by atoms with Crippen LogP contribution in [0.25, 0.3) is 11.0 Å². The van der Waals surface area contributed by atoms with Crippen LogP contribution in [0.2, 0.25) is 5.02 Å². The second kappa shape index (κ2) is 8.88. The minimum absolute atomic E-state index is 0.0222. The first kappa shape index (κ1) is 20.4. The Balaban J connectivity index is 1.33. The Hall–Kier alpha value is -2.86. The number of nitrogens with zero attached hydrogens (tertiary/aromatic N) is 3. The first-order valence-corrected chi connectivity index (χ1v) is 10.6. The summed E-state index contributed by atoms with van der Waals surface area (Å²) >= 11 is 5.93. The molecule has 7 heteroatoms. The predicted octanol–water partition coefficient (Wildman–Crippen LogP) is 3.32. The molecule has 4 rings (SSSR count). The molecule has 1 aliphatic heterocycles. The lowest BCUT2D eigenvalue weighted by Gasteiger charge is -2.32. The van der Waals surface area contributed by atoms with Gasteiger partial charge in [-0.15, -0.1) is 0 Å². The van der Waals surface area contributed by atoms with Crippen LogP contribution in [-0.4, -0.2) is 39.4 Å². The maximum absolute atomic E-state index is 12.8. The highest BCUT2D eigenvalue weighted by Crippen LogP contribution is 2.20. The zero-order chi connectivity index (χ0) is 21.1. The zero-order valence-corrected chi connectivity index (χ0v) is 17.7. The molecular formula is C23H25ClN4O2. The summed E-state index contributed by atoms with van der Waals surface area (Å²) in [6, 6.07) is 15.6. The third-order valence-corrected chi connectivity index (χ3v) is 6.01. The Morgan fingerprint density at radius 3 is 2.73 bits per heavy atom. The number of halogens is 1. The van der Waals surface area contributed by atoms with Gasteiger partial charge in [0, 0.05) is 31.6 Å². The van der Waals surface area contributed by atoms with Gasteiger partial charge in [-0.3, -0.25) is 9.59 Å². The number of nitrogens with one attached hydrogen (secondary N) is 1. The first-order chi connectivity index (χ1) is 14.5. The third-order valence-electron chi connectivity index (χ3n) is 5.76. The number of benzene rings is 2. The number of aryl methyl sites for hydroxylation is 1. The number of aromatic nitrogens is 2. The van der Waals surface area contributed by atoms with Gasteiger partial charge in [-0.05, 0) is 42.7 Å². The summed E-state index contributed by atoms with van der Waals surface area (Å²) in [5, 5.41) is 3.71. The summed E-state index contributed by atoms with van der Waals surface area (Å²) in [7, 11) is 1.95. The van der Waals surface area contributed by atoms with Gasteiger partial charge < -0.3 is 14.8 Å². The summed E-state index contributed by atoms with van der Waals surface area (Å²) < 4.78 is 2.00. The van der Waals surface area contributed by atoms with E-state index in [1.165, 1.54) is 0 Å². The number of imidazole rings is 1. The molecule has 0 aliphatic carbocycles. The van der Waals surface area contributed by atoms with E-state index < -0.39 is 0 Å². The second-order valence-electron chi connectivity index (χ2n) is 7.75. The molecule has 0 radical (unpaired) electrons. The van der Waals surface area contributed by atoms with Crippen molar-refractivity contribution < 1.29 is 9.59 Å². The van der Waals surface area contributed by atoms with Crippen molar-refractivity contribution in [3.63, 3.8) is 0 Å². The van der Waals surface area contributed by atoms with Gasteiger partial charge >= 0.3 is 0 Å². The van der Waals surface area contributed by atoms with Crippen LogP contribution >= 0.6 is 11.6 Å². The van der Waals surface area contributed by atoms with Crippen molar-refractivity contribution in [2.75, 3.05) is 13.1 Å². The van der Waals surface area contributed by atoms with Gasteiger partial charge in [-0.25, -0.2) is 4.98 Å². The number of carbonyl (C=O) groups excluding carboxylic acids is 2. The van der Waals surface area contributed by atoms with Gasteiger partial charge in [0.05, 0.1) is 23.5 Å². The fraction of sp³-hybridized carbons (Fsp3) is 0.348. The Bertz CT molecular complexity index is 1060. The van der Waals surface area contributed by atoms with Crippen molar-refractivity contribution in [1.82, 2.24) is 19.8 Å². The molecule has 2 heterocycles. The monoisotopic (exact) mass is 424 g/mol. The van der Waals surface area contributed by atoms with Crippen LogP contribution in [0.5, 0.6) is 0 Å². The first-order valence-electron chi connectivity index (χ1n) is 10.2. The van der Waals surface area contributed by atoms with Gasteiger partial charge in [0.2, 0.25) is 11.8 Å². The average Bonchev–Trinajstić information content (AvgIpc) is 3.08. The maximum atomic E-state index is 12.8. The molecular weight excluding hydrogens is 400 g/mol. The van der Waals surface area contributed by atoms with Crippen molar-refractivity contribution >= 4 is 34.4 Å². The number of piperidine rings is 1. The highest BCUT2D eigenvalue weighted by atomic mass is 35.5. The van der Waals surface area contributed by atoms with Crippen LogP contribution in [-0.2, 0) is 29.6 Å². The van der Waals surface area contributed by atoms with Gasteiger partial charge in [0.1, 0.15) is 5.82 Å². The molecule has 3 aromatic rings. The number of likely N-dealkylation sites (tertiary alicyclic amines) is 1. The molecule has 2 amide bonds. The maximum Gasteiger partial charge on any atom is 0.225 e. The molecule has 0 spiro atoms. The Kier molecular flexibility index (Phi) is 6.04. The Labute approximate surface area is 180 Å². The van der Waals surface area contributed by atoms with Crippen LogP contribution in [0.4, 0.5) is 0 Å². The molecule has 1 N–H and O–H groups in total. The molecule has 0 bridgehead atoms. The number of amides is 2. The van der Waals surface area contributed by atoms with Crippen LogP contribution in [0.1, 0.15) is 24.2 Å². The van der Waals surface area contributed by atoms with Crippen molar-refractivity contribution in [3.05, 3.63) is 64.9 Å². The number of para-hydroxylation sites is 2. The van der Waals surface area contributed by atoms with E-state index in [0.29, 0.717) is 37.5 Å². The van der Waals surface area contributed by atoms with E-state index in [1.54, 1.807) is 4.90 Å². The lowest BCUT2D eigenvalue weighted by atomic mass is 9.96. The minimum Gasteiger partial charge on any atom is -0.349 e. The SMILES string of the molecule is Cn1c(CNC(=O)[C@@H]2CCC(=O)N(CCc3ccc(Cl)cc3)C2)nc2ccccc21. The topological polar surface area (TPSA) is 67.2 Å². The summed E-state index contributed by atoms with van der Waals surface area (Å²) in [5.41, 5.74) is 3.08. The number of hydrogen-bond acceptors (Lipinski definition) is 3. The van der Waals surface area contributed by atoms with Crippen LogP contribution in [0.3, 0.4) is 0 Å². The van der Waals surface area contributed by atoms with Crippen LogP contribution in [0, 0.1) is 5.92 Å².